The maximum atomic E-state index is 11.6. The lowest BCUT2D eigenvalue weighted by Gasteiger charge is -2.26. The Bertz CT molecular complexity index is 326. The topological polar surface area (TPSA) is 92.4 Å². The van der Waals surface area contributed by atoms with Crippen molar-refractivity contribution in [3.05, 3.63) is 0 Å². The summed E-state index contributed by atoms with van der Waals surface area (Å²) in [6, 6.07) is -1.37. The van der Waals surface area contributed by atoms with Crippen molar-refractivity contribution < 1.29 is 14.7 Å². The van der Waals surface area contributed by atoms with Crippen LogP contribution in [0, 0.1) is 17.8 Å². The molecule has 0 saturated heterocycles. The van der Waals surface area contributed by atoms with E-state index in [4.69, 9.17) is 17.3 Å². The number of amides is 1. The maximum absolute atomic E-state index is 11.6. The summed E-state index contributed by atoms with van der Waals surface area (Å²) in [6.07, 6.45) is 5.07. The molecule has 1 amide bonds. The normalized spacial score (nSPS) is 14.5. The van der Waals surface area contributed by atoms with Crippen LogP contribution in [-0.4, -0.2) is 29.1 Å². The minimum absolute atomic E-state index is 0.0359. The number of carbonyl (C=O) groups excluding carboxylic acids is 1. The van der Waals surface area contributed by atoms with Crippen LogP contribution in [0.15, 0.2) is 0 Å². The number of terminal acetylenes is 1. The molecular weight excluding hydrogens is 220 g/mol. The van der Waals surface area contributed by atoms with Crippen LogP contribution in [0.4, 0.5) is 0 Å². The van der Waals surface area contributed by atoms with Crippen LogP contribution in [-0.2, 0) is 9.59 Å². The monoisotopic (exact) mass is 240 g/mol. The van der Waals surface area contributed by atoms with E-state index in [0.29, 0.717) is 0 Å². The second kappa shape index (κ2) is 6.26. The van der Waals surface area contributed by atoms with Crippen molar-refractivity contribution in [3.8, 4) is 12.3 Å². The Morgan fingerprint density at radius 2 is 2.00 bits per heavy atom. The highest BCUT2D eigenvalue weighted by molar-refractivity contribution is 5.84. The van der Waals surface area contributed by atoms with E-state index in [1.807, 2.05) is 20.8 Å². The fourth-order valence-corrected chi connectivity index (χ4v) is 1.08. The number of rotatable bonds is 5. The van der Waals surface area contributed by atoms with Crippen LogP contribution >= 0.6 is 0 Å². The molecular formula is C12H20N2O3. The first-order chi connectivity index (χ1) is 7.68. The lowest BCUT2D eigenvalue weighted by molar-refractivity contribution is -0.141. The zero-order valence-corrected chi connectivity index (χ0v) is 10.5. The Kier molecular flexibility index (Phi) is 5.69. The first kappa shape index (κ1) is 15.5. The Morgan fingerprint density at radius 1 is 1.47 bits per heavy atom. The summed E-state index contributed by atoms with van der Waals surface area (Å²) in [7, 11) is 0. The molecule has 0 aliphatic heterocycles. The molecule has 96 valence electrons. The molecule has 0 bridgehead atoms. The molecule has 0 heterocycles. The molecule has 0 spiro atoms. The molecule has 0 aliphatic rings. The van der Waals surface area contributed by atoms with Gasteiger partial charge in [-0.1, -0.05) is 20.8 Å². The van der Waals surface area contributed by atoms with Crippen molar-refractivity contribution in [1.82, 2.24) is 5.32 Å². The van der Waals surface area contributed by atoms with E-state index >= 15 is 0 Å². The Hall–Kier alpha value is -1.54. The standard InChI is InChI=1S/C12H20N2O3/c1-5-6-8(11(16)17)14-10(15)7-9(13)12(2,3)4/h1,8-9H,6-7,13H2,2-4H3,(H,14,15)(H,16,17). The summed E-state index contributed by atoms with van der Waals surface area (Å²) in [5.41, 5.74) is 5.62. The van der Waals surface area contributed by atoms with Crippen molar-refractivity contribution in [2.45, 2.75) is 45.7 Å². The quantitative estimate of drug-likeness (QED) is 0.604. The van der Waals surface area contributed by atoms with Gasteiger partial charge in [0.1, 0.15) is 6.04 Å². The molecule has 0 aromatic heterocycles. The Morgan fingerprint density at radius 3 is 2.35 bits per heavy atom. The van der Waals surface area contributed by atoms with Gasteiger partial charge in [0.25, 0.3) is 0 Å². The molecule has 5 nitrogen and oxygen atoms in total. The van der Waals surface area contributed by atoms with Gasteiger partial charge in [-0.3, -0.25) is 4.79 Å². The third-order valence-corrected chi connectivity index (χ3v) is 2.47. The molecule has 2 atom stereocenters. The molecule has 0 aliphatic carbocycles. The van der Waals surface area contributed by atoms with Gasteiger partial charge in [-0.15, -0.1) is 12.3 Å². The van der Waals surface area contributed by atoms with Gasteiger partial charge in [-0.05, 0) is 5.41 Å². The second-order valence-corrected chi connectivity index (χ2v) is 5.04. The molecule has 17 heavy (non-hydrogen) atoms. The number of aliphatic carboxylic acids is 1. The summed E-state index contributed by atoms with van der Waals surface area (Å²) in [5, 5.41) is 11.2. The van der Waals surface area contributed by atoms with Crippen LogP contribution in [0.1, 0.15) is 33.6 Å². The lowest BCUT2D eigenvalue weighted by Crippen LogP contribution is -2.45. The van der Waals surface area contributed by atoms with Crippen molar-refractivity contribution in [2.75, 3.05) is 0 Å². The van der Waals surface area contributed by atoms with E-state index in [2.05, 4.69) is 11.2 Å². The Balaban J connectivity index is 4.35. The van der Waals surface area contributed by atoms with Crippen molar-refractivity contribution in [3.63, 3.8) is 0 Å². The van der Waals surface area contributed by atoms with Crippen molar-refractivity contribution in [1.29, 1.82) is 0 Å². The van der Waals surface area contributed by atoms with Crippen LogP contribution in [0.3, 0.4) is 0 Å². The molecule has 0 radical (unpaired) electrons. The predicted octanol–water partition coefficient (Wildman–Crippen LogP) is 0.343. The van der Waals surface area contributed by atoms with E-state index in [0.717, 1.165) is 0 Å². The summed E-state index contributed by atoms with van der Waals surface area (Å²) in [4.78, 5) is 22.3. The van der Waals surface area contributed by atoms with Crippen LogP contribution in [0.25, 0.3) is 0 Å². The van der Waals surface area contributed by atoms with Gasteiger partial charge in [0, 0.05) is 18.9 Å². The van der Waals surface area contributed by atoms with E-state index in [9.17, 15) is 9.59 Å². The number of nitrogens with two attached hydrogens (primary N) is 1. The van der Waals surface area contributed by atoms with Gasteiger partial charge >= 0.3 is 5.97 Å². The number of carboxylic acid groups (broad SMARTS) is 1. The summed E-state index contributed by atoms with van der Waals surface area (Å²) < 4.78 is 0. The molecule has 0 rings (SSSR count). The van der Waals surface area contributed by atoms with Gasteiger partial charge in [-0.2, -0.15) is 0 Å². The zero-order valence-electron chi connectivity index (χ0n) is 10.5. The van der Waals surface area contributed by atoms with Crippen LogP contribution in [0.2, 0.25) is 0 Å². The highest BCUT2D eigenvalue weighted by atomic mass is 16.4. The van der Waals surface area contributed by atoms with Crippen LogP contribution in [0.5, 0.6) is 0 Å². The van der Waals surface area contributed by atoms with Crippen LogP contribution < -0.4 is 11.1 Å². The summed E-state index contributed by atoms with van der Waals surface area (Å²) >= 11 is 0. The SMILES string of the molecule is C#CCC(NC(=O)CC(N)C(C)(C)C)C(=O)O. The average Bonchev–Trinajstić information content (AvgIpc) is 2.15. The molecule has 4 N–H and O–H groups in total. The number of nitrogens with one attached hydrogen (secondary N) is 1. The Labute approximate surface area is 102 Å². The molecule has 5 heteroatoms. The predicted molar refractivity (Wildman–Crippen MR) is 65.1 cm³/mol. The van der Waals surface area contributed by atoms with E-state index in [1.54, 1.807) is 0 Å². The van der Waals surface area contributed by atoms with E-state index in [-0.39, 0.29) is 24.3 Å². The molecule has 0 saturated carbocycles. The molecule has 2 unspecified atom stereocenters. The fraction of sp³-hybridized carbons (Fsp3) is 0.667. The van der Waals surface area contributed by atoms with Gasteiger partial charge in [-0.25, -0.2) is 4.79 Å². The third-order valence-electron chi connectivity index (χ3n) is 2.47. The number of hydrogen-bond acceptors (Lipinski definition) is 3. The maximum Gasteiger partial charge on any atom is 0.327 e. The van der Waals surface area contributed by atoms with Gasteiger partial charge in [0.05, 0.1) is 0 Å². The molecule has 0 aromatic carbocycles. The van der Waals surface area contributed by atoms with Gasteiger partial charge in [0.2, 0.25) is 5.91 Å². The first-order valence-electron chi connectivity index (χ1n) is 5.39. The minimum atomic E-state index is -1.14. The second-order valence-electron chi connectivity index (χ2n) is 5.04. The molecule has 0 fully saturated rings. The lowest BCUT2D eigenvalue weighted by atomic mass is 9.85. The number of carbonyl (C=O) groups is 2. The smallest absolute Gasteiger partial charge is 0.327 e. The average molecular weight is 240 g/mol. The molecule has 0 aromatic rings. The summed E-state index contributed by atoms with van der Waals surface area (Å²) in [5.74, 6) is 0.679. The highest BCUT2D eigenvalue weighted by Crippen LogP contribution is 2.19. The van der Waals surface area contributed by atoms with E-state index in [1.165, 1.54) is 0 Å². The summed E-state index contributed by atoms with van der Waals surface area (Å²) in [6.45, 7) is 5.75. The number of hydrogen-bond donors (Lipinski definition) is 3. The van der Waals surface area contributed by atoms with Gasteiger partial charge in [0.15, 0.2) is 0 Å². The van der Waals surface area contributed by atoms with Gasteiger partial charge < -0.3 is 16.2 Å². The van der Waals surface area contributed by atoms with Crippen molar-refractivity contribution in [2.24, 2.45) is 11.1 Å². The zero-order chi connectivity index (χ0) is 13.6. The van der Waals surface area contributed by atoms with E-state index < -0.39 is 17.9 Å². The largest absolute Gasteiger partial charge is 0.480 e. The highest BCUT2D eigenvalue weighted by Gasteiger charge is 2.25. The fourth-order valence-electron chi connectivity index (χ4n) is 1.08. The number of carboxylic acids is 1. The third kappa shape index (κ3) is 5.93. The minimum Gasteiger partial charge on any atom is -0.480 e. The first-order valence-corrected chi connectivity index (χ1v) is 5.39. The van der Waals surface area contributed by atoms with Crippen molar-refractivity contribution >= 4 is 11.9 Å².